The topological polar surface area (TPSA) is 167 Å². The van der Waals surface area contributed by atoms with Crippen molar-refractivity contribution < 1.29 is 47.7 Å². The van der Waals surface area contributed by atoms with Crippen LogP contribution in [0.2, 0.25) is 0 Å². The lowest BCUT2D eigenvalue weighted by molar-refractivity contribution is -0.0166. The van der Waals surface area contributed by atoms with Crippen molar-refractivity contribution >= 4 is 0 Å². The van der Waals surface area contributed by atoms with E-state index in [0.29, 0.717) is 125 Å². The molecule has 44 heavy (non-hydrogen) atoms. The average Bonchev–Trinajstić information content (AvgIpc) is 3.03. The Morgan fingerprint density at radius 2 is 0.932 bits per heavy atom. The molecule has 0 aliphatic rings. The van der Waals surface area contributed by atoms with Gasteiger partial charge in [0.05, 0.1) is 106 Å². The van der Waals surface area contributed by atoms with Gasteiger partial charge < -0.3 is 59.2 Å². The van der Waals surface area contributed by atoms with Gasteiger partial charge in [-0.05, 0) is 45.4 Å². The molecule has 0 amide bonds. The lowest BCUT2D eigenvalue weighted by atomic mass is 10.1. The summed E-state index contributed by atoms with van der Waals surface area (Å²) in [4.78, 5) is 0. The number of nitrogens with one attached hydrogen (secondary N) is 1. The number of nitrogens with two attached hydrogens (primary N) is 2. The van der Waals surface area contributed by atoms with Crippen LogP contribution in [0.5, 0.6) is 0 Å². The Morgan fingerprint density at radius 3 is 1.39 bits per heavy atom. The van der Waals surface area contributed by atoms with E-state index in [1.807, 2.05) is 0 Å². The van der Waals surface area contributed by atoms with Crippen LogP contribution in [0.4, 0.5) is 0 Å². The Morgan fingerprint density at radius 1 is 0.545 bits per heavy atom. The summed E-state index contributed by atoms with van der Waals surface area (Å²) in [6, 6.07) is 0. The summed E-state index contributed by atoms with van der Waals surface area (Å²) in [7, 11) is 0. The number of allylic oxidation sites excluding steroid dienone is 1. The number of rotatable bonds is 38. The van der Waals surface area contributed by atoms with Crippen LogP contribution >= 0.6 is 0 Å². The first-order chi connectivity index (χ1) is 21.7. The highest BCUT2D eigenvalue weighted by Gasteiger charge is 2.03. The normalized spacial score (nSPS) is 12.8. The Labute approximate surface area is 266 Å². The van der Waals surface area contributed by atoms with Gasteiger partial charge in [-0.15, -0.1) is 0 Å². The quantitative estimate of drug-likeness (QED) is 0.0433. The summed E-state index contributed by atoms with van der Waals surface area (Å²) in [6.07, 6.45) is 7.22. The van der Waals surface area contributed by atoms with Crippen molar-refractivity contribution in [2.45, 2.75) is 51.7 Å². The van der Waals surface area contributed by atoms with Gasteiger partial charge in [-0.25, -0.2) is 0 Å². The SMILES string of the molecule is CC(=CCCOCCCCCOCCOCCN)CCC(O)NCCOCCOCCOCCOCCOCCOCCN. The Balaban J connectivity index is 3.30. The lowest BCUT2D eigenvalue weighted by Crippen LogP contribution is -2.32. The predicted octanol–water partition coefficient (Wildman–Crippen LogP) is 1.25. The number of aliphatic hydroxyl groups is 1. The molecule has 6 N–H and O–H groups in total. The molecular weight excluding hydrogens is 574 g/mol. The van der Waals surface area contributed by atoms with E-state index in [9.17, 15) is 5.11 Å². The van der Waals surface area contributed by atoms with E-state index in [1.165, 1.54) is 5.57 Å². The third-order valence-corrected chi connectivity index (χ3v) is 6.03. The largest absolute Gasteiger partial charge is 0.381 e. The van der Waals surface area contributed by atoms with Crippen LogP contribution in [0, 0.1) is 0 Å². The number of ether oxygens (including phenoxy) is 9. The standard InChI is InChI=1S/C31H65N3O10/c1-30(6-5-14-36-12-3-2-4-13-37-18-19-38-15-9-32)7-8-31(35)34-11-17-40-21-23-42-25-27-44-29-28-43-26-24-41-22-20-39-16-10-33/h6,31,34-35H,2-5,7-29,32-33H2,1H3. The maximum atomic E-state index is 10.1. The van der Waals surface area contributed by atoms with Crippen molar-refractivity contribution in [1.82, 2.24) is 5.32 Å². The summed E-state index contributed by atoms with van der Waals surface area (Å²) < 4.78 is 49.0. The molecule has 0 fully saturated rings. The summed E-state index contributed by atoms with van der Waals surface area (Å²) in [5.41, 5.74) is 12.0. The molecule has 1 unspecified atom stereocenters. The number of hydrogen-bond donors (Lipinski definition) is 4. The molecule has 0 saturated carbocycles. The Kier molecular flexibility index (Phi) is 37.7. The van der Waals surface area contributed by atoms with Gasteiger partial charge in [0.1, 0.15) is 6.23 Å². The summed E-state index contributed by atoms with van der Waals surface area (Å²) >= 11 is 0. The van der Waals surface area contributed by atoms with Crippen LogP contribution in [0.3, 0.4) is 0 Å². The Bertz CT molecular complexity index is 579. The van der Waals surface area contributed by atoms with Gasteiger partial charge >= 0.3 is 0 Å². The van der Waals surface area contributed by atoms with Crippen LogP contribution < -0.4 is 16.8 Å². The second-order valence-corrected chi connectivity index (χ2v) is 10.00. The van der Waals surface area contributed by atoms with E-state index >= 15 is 0 Å². The van der Waals surface area contributed by atoms with Crippen molar-refractivity contribution in [2.75, 3.05) is 139 Å². The smallest absolute Gasteiger partial charge is 0.105 e. The molecule has 0 aliphatic heterocycles. The molecule has 0 aromatic heterocycles. The molecule has 0 bridgehead atoms. The second kappa shape index (κ2) is 38.4. The van der Waals surface area contributed by atoms with Crippen LogP contribution in [0.15, 0.2) is 11.6 Å². The van der Waals surface area contributed by atoms with Gasteiger partial charge in [-0.3, -0.25) is 5.32 Å². The number of unbranched alkanes of at least 4 members (excludes halogenated alkanes) is 2. The fourth-order valence-corrected chi connectivity index (χ4v) is 3.63. The van der Waals surface area contributed by atoms with Gasteiger partial charge in [-0.1, -0.05) is 11.6 Å². The molecule has 0 aliphatic carbocycles. The molecule has 13 nitrogen and oxygen atoms in total. The van der Waals surface area contributed by atoms with Crippen LogP contribution in [-0.2, 0) is 42.6 Å². The minimum Gasteiger partial charge on any atom is -0.381 e. The zero-order chi connectivity index (χ0) is 32.0. The first-order valence-electron chi connectivity index (χ1n) is 16.4. The minimum atomic E-state index is -0.549. The van der Waals surface area contributed by atoms with E-state index in [4.69, 9.17) is 54.1 Å². The van der Waals surface area contributed by atoms with Crippen molar-refractivity contribution in [2.24, 2.45) is 11.5 Å². The molecule has 0 spiro atoms. The predicted molar refractivity (Wildman–Crippen MR) is 171 cm³/mol. The lowest BCUT2D eigenvalue weighted by Gasteiger charge is -2.13. The molecule has 0 aromatic carbocycles. The van der Waals surface area contributed by atoms with Gasteiger partial charge in [0.15, 0.2) is 0 Å². The van der Waals surface area contributed by atoms with E-state index in [-0.39, 0.29) is 0 Å². The highest BCUT2D eigenvalue weighted by molar-refractivity contribution is 4.97. The molecular formula is C31H65N3O10. The van der Waals surface area contributed by atoms with E-state index < -0.39 is 6.23 Å². The first-order valence-corrected chi connectivity index (χ1v) is 16.4. The van der Waals surface area contributed by atoms with Crippen molar-refractivity contribution in [3.05, 3.63) is 11.6 Å². The second-order valence-electron chi connectivity index (χ2n) is 10.00. The molecule has 13 heteroatoms. The van der Waals surface area contributed by atoms with Crippen LogP contribution in [0.1, 0.15) is 45.4 Å². The maximum absolute atomic E-state index is 10.1. The fourth-order valence-electron chi connectivity index (χ4n) is 3.63. The third-order valence-electron chi connectivity index (χ3n) is 6.03. The summed E-state index contributed by atoms with van der Waals surface area (Å²) in [5.74, 6) is 0. The number of aliphatic hydroxyl groups excluding tert-OH is 1. The minimum absolute atomic E-state index is 0.502. The van der Waals surface area contributed by atoms with Crippen LogP contribution in [-0.4, -0.2) is 150 Å². The van der Waals surface area contributed by atoms with Gasteiger partial charge in [0.2, 0.25) is 0 Å². The molecule has 0 saturated heterocycles. The molecule has 264 valence electrons. The average molecular weight is 640 g/mol. The summed E-state index contributed by atoms with van der Waals surface area (Å²) in [5, 5.41) is 13.2. The van der Waals surface area contributed by atoms with E-state index in [1.54, 1.807) is 0 Å². The fraction of sp³-hybridized carbons (Fsp3) is 0.935. The zero-order valence-corrected chi connectivity index (χ0v) is 27.5. The zero-order valence-electron chi connectivity index (χ0n) is 27.5. The first kappa shape index (κ1) is 43.2. The highest BCUT2D eigenvalue weighted by Crippen LogP contribution is 2.07. The highest BCUT2D eigenvalue weighted by atomic mass is 16.6. The van der Waals surface area contributed by atoms with E-state index in [0.717, 1.165) is 51.9 Å². The van der Waals surface area contributed by atoms with Gasteiger partial charge in [-0.2, -0.15) is 0 Å². The van der Waals surface area contributed by atoms with Crippen molar-refractivity contribution in [3.8, 4) is 0 Å². The van der Waals surface area contributed by atoms with E-state index in [2.05, 4.69) is 18.3 Å². The monoisotopic (exact) mass is 639 g/mol. The van der Waals surface area contributed by atoms with Crippen molar-refractivity contribution in [1.29, 1.82) is 0 Å². The molecule has 0 radical (unpaired) electrons. The number of hydrogen-bond acceptors (Lipinski definition) is 13. The van der Waals surface area contributed by atoms with Gasteiger partial charge in [0, 0.05) is 32.8 Å². The maximum Gasteiger partial charge on any atom is 0.105 e. The molecule has 1 atom stereocenters. The Hall–Kier alpha value is -0.780. The summed E-state index contributed by atoms with van der Waals surface area (Å²) in [6.45, 7) is 14.1. The third kappa shape index (κ3) is 37.4. The van der Waals surface area contributed by atoms with Gasteiger partial charge in [0.25, 0.3) is 0 Å². The van der Waals surface area contributed by atoms with Crippen LogP contribution in [0.25, 0.3) is 0 Å². The molecule has 0 rings (SSSR count). The molecule has 0 aromatic rings. The van der Waals surface area contributed by atoms with Crippen molar-refractivity contribution in [3.63, 3.8) is 0 Å². The molecule has 0 heterocycles.